The van der Waals surface area contributed by atoms with Crippen molar-refractivity contribution in [1.82, 2.24) is 4.90 Å². The maximum Gasteiger partial charge on any atom is 0.317 e. The van der Waals surface area contributed by atoms with Gasteiger partial charge in [-0.15, -0.1) is 0 Å². The molecule has 2 fully saturated rings. The van der Waals surface area contributed by atoms with Crippen molar-refractivity contribution >= 4 is 11.9 Å². The van der Waals surface area contributed by atoms with Gasteiger partial charge in [-0.3, -0.25) is 14.5 Å². The number of hydrogen-bond donors (Lipinski definition) is 2. The second kappa shape index (κ2) is 5.85. The van der Waals surface area contributed by atoms with Crippen molar-refractivity contribution in [1.29, 1.82) is 0 Å². The molecule has 0 unspecified atom stereocenters. The average Bonchev–Trinajstić information content (AvgIpc) is 2.76. The van der Waals surface area contributed by atoms with Crippen LogP contribution in [0.15, 0.2) is 0 Å². The van der Waals surface area contributed by atoms with Gasteiger partial charge in [-0.2, -0.15) is 0 Å². The van der Waals surface area contributed by atoms with Crippen LogP contribution in [-0.4, -0.2) is 65.2 Å². The van der Waals surface area contributed by atoms with E-state index >= 15 is 0 Å². The summed E-state index contributed by atoms with van der Waals surface area (Å²) in [6.07, 6.45) is 2.77. The van der Waals surface area contributed by atoms with Crippen molar-refractivity contribution < 1.29 is 29.3 Å². The largest absolute Gasteiger partial charge is 0.480 e. The maximum absolute atomic E-state index is 10.8. The van der Waals surface area contributed by atoms with Crippen LogP contribution < -0.4 is 0 Å². The molecule has 0 radical (unpaired) electrons. The van der Waals surface area contributed by atoms with Gasteiger partial charge < -0.3 is 19.7 Å². The van der Waals surface area contributed by atoms with E-state index in [1.807, 2.05) is 0 Å². The topological polar surface area (TPSA) is 96.3 Å². The minimum absolute atomic E-state index is 0.0365. The molecule has 0 aromatic heterocycles. The van der Waals surface area contributed by atoms with Crippen LogP contribution in [0.1, 0.15) is 25.7 Å². The van der Waals surface area contributed by atoms with Gasteiger partial charge in [0, 0.05) is 18.9 Å². The standard InChI is InChI=1S/C12H19NO6/c14-10(15)7-13(8-11(16)17)9-1-3-12(4-2-9)18-5-6-19-12/h9H,1-8H2,(H,14,15)(H,16,17). The number of rotatable bonds is 5. The van der Waals surface area contributed by atoms with Gasteiger partial charge in [-0.05, 0) is 12.8 Å². The van der Waals surface area contributed by atoms with E-state index in [1.54, 1.807) is 0 Å². The molecule has 0 aromatic carbocycles. The molecule has 2 rings (SSSR count). The highest BCUT2D eigenvalue weighted by Gasteiger charge is 2.41. The Bertz CT molecular complexity index is 326. The monoisotopic (exact) mass is 273 g/mol. The van der Waals surface area contributed by atoms with Gasteiger partial charge in [-0.1, -0.05) is 0 Å². The molecule has 0 aromatic rings. The number of carboxylic acid groups (broad SMARTS) is 2. The summed E-state index contributed by atoms with van der Waals surface area (Å²) in [6, 6.07) is -0.0365. The highest BCUT2D eigenvalue weighted by atomic mass is 16.7. The second-order valence-corrected chi connectivity index (χ2v) is 5.03. The first-order valence-electron chi connectivity index (χ1n) is 6.46. The van der Waals surface area contributed by atoms with Gasteiger partial charge in [0.05, 0.1) is 26.3 Å². The molecule has 1 aliphatic carbocycles. The zero-order chi connectivity index (χ0) is 13.9. The van der Waals surface area contributed by atoms with Crippen LogP contribution in [0.5, 0.6) is 0 Å². The number of carboxylic acids is 2. The minimum Gasteiger partial charge on any atom is -0.480 e. The normalized spacial score (nSPS) is 23.0. The Morgan fingerprint density at radius 3 is 1.95 bits per heavy atom. The molecule has 1 saturated carbocycles. The average molecular weight is 273 g/mol. The van der Waals surface area contributed by atoms with Crippen LogP contribution in [0.2, 0.25) is 0 Å². The number of carbonyl (C=O) groups is 2. The van der Waals surface area contributed by atoms with Crippen LogP contribution in [0.3, 0.4) is 0 Å². The lowest BCUT2D eigenvalue weighted by Gasteiger charge is -2.39. The highest BCUT2D eigenvalue weighted by Crippen LogP contribution is 2.37. The third kappa shape index (κ3) is 3.65. The van der Waals surface area contributed by atoms with Crippen LogP contribution >= 0.6 is 0 Å². The predicted molar refractivity (Wildman–Crippen MR) is 63.7 cm³/mol. The summed E-state index contributed by atoms with van der Waals surface area (Å²) >= 11 is 0. The van der Waals surface area contributed by atoms with Crippen molar-refractivity contribution in [2.45, 2.75) is 37.5 Å². The van der Waals surface area contributed by atoms with E-state index < -0.39 is 17.7 Å². The third-order valence-electron chi connectivity index (χ3n) is 3.72. The first-order valence-corrected chi connectivity index (χ1v) is 6.46. The Kier molecular flexibility index (Phi) is 4.38. The zero-order valence-electron chi connectivity index (χ0n) is 10.7. The molecule has 1 saturated heterocycles. The van der Waals surface area contributed by atoms with E-state index in [9.17, 15) is 9.59 Å². The lowest BCUT2D eigenvalue weighted by Crippen LogP contribution is -2.47. The maximum atomic E-state index is 10.8. The molecule has 108 valence electrons. The molecule has 0 bridgehead atoms. The first kappa shape index (κ1) is 14.2. The van der Waals surface area contributed by atoms with E-state index in [1.165, 1.54) is 4.90 Å². The molecule has 1 spiro atoms. The van der Waals surface area contributed by atoms with Gasteiger partial charge >= 0.3 is 11.9 Å². The number of hydrogen-bond acceptors (Lipinski definition) is 5. The molecule has 1 heterocycles. The molecule has 0 amide bonds. The fraction of sp³-hybridized carbons (Fsp3) is 0.833. The Hall–Kier alpha value is -1.18. The smallest absolute Gasteiger partial charge is 0.317 e. The quantitative estimate of drug-likeness (QED) is 0.735. The number of ether oxygens (including phenoxy) is 2. The van der Waals surface area contributed by atoms with Gasteiger partial charge in [0.15, 0.2) is 5.79 Å². The molecular formula is C12H19NO6. The fourth-order valence-corrected chi connectivity index (χ4v) is 2.85. The Morgan fingerprint density at radius 1 is 1.05 bits per heavy atom. The SMILES string of the molecule is O=C(O)CN(CC(=O)O)C1CCC2(CC1)OCCO2. The molecule has 1 aliphatic heterocycles. The van der Waals surface area contributed by atoms with Crippen LogP contribution in [-0.2, 0) is 19.1 Å². The first-order chi connectivity index (χ1) is 9.01. The zero-order valence-corrected chi connectivity index (χ0v) is 10.7. The summed E-state index contributed by atoms with van der Waals surface area (Å²) in [5.74, 6) is -2.51. The molecule has 7 nitrogen and oxygen atoms in total. The van der Waals surface area contributed by atoms with Crippen molar-refractivity contribution in [3.8, 4) is 0 Å². The third-order valence-corrected chi connectivity index (χ3v) is 3.72. The molecule has 7 heteroatoms. The van der Waals surface area contributed by atoms with Crippen LogP contribution in [0, 0.1) is 0 Å². The minimum atomic E-state index is -1.00. The van der Waals surface area contributed by atoms with Crippen molar-refractivity contribution in [2.75, 3.05) is 26.3 Å². The van der Waals surface area contributed by atoms with Crippen molar-refractivity contribution in [3.63, 3.8) is 0 Å². The number of nitrogens with zero attached hydrogens (tertiary/aromatic N) is 1. The van der Waals surface area contributed by atoms with Crippen LogP contribution in [0.25, 0.3) is 0 Å². The lowest BCUT2D eigenvalue weighted by atomic mass is 9.89. The summed E-state index contributed by atoms with van der Waals surface area (Å²) in [4.78, 5) is 23.1. The van der Waals surface area contributed by atoms with Crippen LogP contribution in [0.4, 0.5) is 0 Å². The summed E-state index contributed by atoms with van der Waals surface area (Å²) in [6.45, 7) is 0.703. The van der Waals surface area contributed by atoms with E-state index in [-0.39, 0.29) is 19.1 Å². The molecule has 19 heavy (non-hydrogen) atoms. The summed E-state index contributed by atoms with van der Waals surface area (Å²) in [5.41, 5.74) is 0. The highest BCUT2D eigenvalue weighted by molar-refractivity contribution is 5.72. The number of aliphatic carboxylic acids is 2. The van der Waals surface area contributed by atoms with E-state index in [2.05, 4.69) is 0 Å². The van der Waals surface area contributed by atoms with Gasteiger partial charge in [0.1, 0.15) is 0 Å². The van der Waals surface area contributed by atoms with Gasteiger partial charge in [-0.25, -0.2) is 0 Å². The summed E-state index contributed by atoms with van der Waals surface area (Å²) in [7, 11) is 0. The Balaban J connectivity index is 1.92. The van der Waals surface area contributed by atoms with Gasteiger partial charge in [0.2, 0.25) is 0 Å². The molecule has 2 aliphatic rings. The van der Waals surface area contributed by atoms with Gasteiger partial charge in [0.25, 0.3) is 0 Å². The molecule has 0 atom stereocenters. The lowest BCUT2D eigenvalue weighted by molar-refractivity contribution is -0.184. The molecule has 2 N–H and O–H groups in total. The fourth-order valence-electron chi connectivity index (χ4n) is 2.85. The predicted octanol–water partition coefficient (Wildman–Crippen LogP) is 0.143. The van der Waals surface area contributed by atoms with Crippen molar-refractivity contribution in [3.05, 3.63) is 0 Å². The van der Waals surface area contributed by atoms with E-state index in [4.69, 9.17) is 19.7 Å². The summed E-state index contributed by atoms with van der Waals surface area (Å²) in [5, 5.41) is 17.7. The Labute approximate surface area is 111 Å². The Morgan fingerprint density at radius 2 is 1.53 bits per heavy atom. The summed E-state index contributed by atoms with van der Waals surface area (Å²) < 4.78 is 11.2. The van der Waals surface area contributed by atoms with Crippen molar-refractivity contribution in [2.24, 2.45) is 0 Å². The second-order valence-electron chi connectivity index (χ2n) is 5.03. The molecular weight excluding hydrogens is 254 g/mol. The van der Waals surface area contributed by atoms with E-state index in [0.29, 0.717) is 38.9 Å². The van der Waals surface area contributed by atoms with E-state index in [0.717, 1.165) is 0 Å².